The molecule has 0 fully saturated rings. The van der Waals surface area contributed by atoms with Crippen LogP contribution in [0.3, 0.4) is 0 Å². The minimum atomic E-state index is 1.15. The molecule has 0 aliphatic heterocycles. The first-order valence-corrected chi connectivity index (χ1v) is 22.2. The molecule has 0 atom stereocenters. The lowest BCUT2D eigenvalue weighted by Crippen LogP contribution is -1.95. The zero-order valence-corrected chi connectivity index (χ0v) is 34.8. The average Bonchev–Trinajstić information content (AvgIpc) is 3.88. The first-order valence-electron chi connectivity index (χ1n) is 22.2. The van der Waals surface area contributed by atoms with Crippen LogP contribution in [0.1, 0.15) is 0 Å². The lowest BCUT2D eigenvalue weighted by molar-refractivity contribution is 1.18. The third kappa shape index (κ3) is 5.02. The number of hydrogen-bond donors (Lipinski definition) is 0. The summed E-state index contributed by atoms with van der Waals surface area (Å²) in [6.45, 7) is 0. The summed E-state index contributed by atoms with van der Waals surface area (Å²) in [5, 5.41) is 17.8. The van der Waals surface area contributed by atoms with Crippen LogP contribution in [-0.4, -0.2) is 9.13 Å². The van der Waals surface area contributed by atoms with Gasteiger partial charge in [0.05, 0.1) is 27.8 Å². The Kier molecular flexibility index (Phi) is 7.43. The Morgan fingerprint density at radius 3 is 1.33 bits per heavy atom. The molecular weight excluding hydrogens is 773 g/mol. The summed E-state index contributed by atoms with van der Waals surface area (Å²) in [4.78, 5) is 0. The minimum absolute atomic E-state index is 1.15. The first-order chi connectivity index (χ1) is 31.8. The van der Waals surface area contributed by atoms with Crippen molar-refractivity contribution in [2.45, 2.75) is 0 Å². The molecule has 0 unspecified atom stereocenters. The van der Waals surface area contributed by atoms with Gasteiger partial charge in [0.1, 0.15) is 0 Å². The van der Waals surface area contributed by atoms with Crippen molar-refractivity contribution < 1.29 is 0 Å². The van der Waals surface area contributed by atoms with Crippen LogP contribution in [0.5, 0.6) is 0 Å². The van der Waals surface area contributed by atoms with E-state index < -0.39 is 0 Å². The molecule has 0 aliphatic rings. The van der Waals surface area contributed by atoms with Crippen LogP contribution < -0.4 is 0 Å². The molecule has 14 aromatic rings. The lowest BCUT2D eigenvalue weighted by atomic mass is 9.87. The Labute approximate surface area is 369 Å². The topological polar surface area (TPSA) is 9.86 Å². The van der Waals surface area contributed by atoms with Crippen LogP contribution >= 0.6 is 0 Å². The van der Waals surface area contributed by atoms with Gasteiger partial charge in [-0.2, -0.15) is 0 Å². The van der Waals surface area contributed by atoms with Crippen molar-refractivity contribution >= 4 is 97.5 Å². The van der Waals surface area contributed by atoms with Gasteiger partial charge in [-0.1, -0.05) is 170 Å². The summed E-state index contributed by atoms with van der Waals surface area (Å²) in [6, 6.07) is 85.3. The van der Waals surface area contributed by atoms with Gasteiger partial charge in [0.2, 0.25) is 0 Å². The Morgan fingerprint density at radius 1 is 0.234 bits per heavy atom. The molecule has 0 aliphatic carbocycles. The van der Waals surface area contributed by atoms with Gasteiger partial charge in [-0.15, -0.1) is 0 Å². The summed E-state index contributed by atoms with van der Waals surface area (Å²) in [5.41, 5.74) is 12.0. The highest BCUT2D eigenvalue weighted by molar-refractivity contribution is 6.33. The number of aromatic nitrogens is 2. The summed E-state index contributed by atoms with van der Waals surface area (Å²) in [7, 11) is 0. The second-order valence-electron chi connectivity index (χ2n) is 17.2. The maximum atomic E-state index is 2.44. The summed E-state index contributed by atoms with van der Waals surface area (Å²) >= 11 is 0. The van der Waals surface area contributed by atoms with Gasteiger partial charge in [-0.05, 0) is 131 Å². The predicted molar refractivity (Wildman–Crippen MR) is 274 cm³/mol. The Balaban J connectivity index is 0.904. The molecule has 0 amide bonds. The Morgan fingerprint density at radius 2 is 0.672 bits per heavy atom. The van der Waals surface area contributed by atoms with E-state index in [4.69, 9.17) is 0 Å². The van der Waals surface area contributed by atoms with Crippen molar-refractivity contribution in [1.29, 1.82) is 0 Å². The van der Waals surface area contributed by atoms with Gasteiger partial charge < -0.3 is 9.13 Å². The van der Waals surface area contributed by atoms with Crippen LogP contribution in [0, 0.1) is 0 Å². The fourth-order valence-corrected chi connectivity index (χ4v) is 11.0. The molecule has 64 heavy (non-hydrogen) atoms. The van der Waals surface area contributed by atoms with Crippen LogP contribution in [0.25, 0.3) is 131 Å². The number of rotatable bonds is 4. The Bertz CT molecular complexity index is 4230. The van der Waals surface area contributed by atoms with Crippen molar-refractivity contribution in [1.82, 2.24) is 9.13 Å². The van der Waals surface area contributed by atoms with E-state index in [1.54, 1.807) is 0 Å². The third-order valence-electron chi connectivity index (χ3n) is 13.9. The number of para-hydroxylation sites is 2. The number of fused-ring (bicyclic) bond motifs is 15. The summed E-state index contributed by atoms with van der Waals surface area (Å²) in [5.74, 6) is 0. The van der Waals surface area contributed by atoms with E-state index >= 15 is 0 Å². The lowest BCUT2D eigenvalue weighted by Gasteiger charge is -2.16. The first kappa shape index (κ1) is 35.2. The van der Waals surface area contributed by atoms with E-state index in [1.807, 2.05) is 0 Å². The number of benzene rings is 12. The van der Waals surface area contributed by atoms with Gasteiger partial charge in [0.15, 0.2) is 0 Å². The summed E-state index contributed by atoms with van der Waals surface area (Å²) in [6.07, 6.45) is 0. The minimum Gasteiger partial charge on any atom is -0.309 e. The van der Waals surface area contributed by atoms with Crippen LogP contribution in [-0.2, 0) is 0 Å². The Hall–Kier alpha value is -8.46. The van der Waals surface area contributed by atoms with Crippen molar-refractivity contribution in [3.63, 3.8) is 0 Å². The van der Waals surface area contributed by atoms with Gasteiger partial charge in [-0.25, -0.2) is 0 Å². The molecule has 0 saturated heterocycles. The quantitative estimate of drug-likeness (QED) is 0.157. The highest BCUT2D eigenvalue weighted by atomic mass is 15.0. The van der Waals surface area contributed by atoms with Gasteiger partial charge in [0, 0.05) is 32.6 Å². The molecule has 0 radical (unpaired) electrons. The SMILES string of the molecule is c1ccc2c(-n3c4ccccc4c4cc(-c5ccc6c(c5)c5ccccc5n6-c5ccc(-c6cc7c8ccccc8c8ccccc8c7c7ccccc67)cc5)ccc43)cccc2c1. The van der Waals surface area contributed by atoms with Crippen molar-refractivity contribution in [2.24, 2.45) is 0 Å². The van der Waals surface area contributed by atoms with Crippen molar-refractivity contribution in [3.05, 3.63) is 231 Å². The number of hydrogen-bond acceptors (Lipinski definition) is 0. The third-order valence-corrected chi connectivity index (χ3v) is 13.9. The molecule has 0 N–H and O–H groups in total. The normalized spacial score (nSPS) is 12.1. The van der Waals surface area contributed by atoms with Gasteiger partial charge in [0.25, 0.3) is 0 Å². The standard InChI is InChI=1S/C62H38N2/c1-2-16-44-39(14-1)15-13-27-57(44)64-59-26-12-10-22-50(59)55-37-42(31-35-61(55)64)41-30-34-60-54(36-41)49-21-9-11-25-58(49)63(60)43-32-28-40(29-33-43)53-38-56-47-19-4-3-17-45(47)46-18-5-7-23-51(46)62(56)52-24-8-6-20-48(52)53/h1-38H. The monoisotopic (exact) mass is 810 g/mol. The maximum absolute atomic E-state index is 2.44. The average molecular weight is 811 g/mol. The van der Waals surface area contributed by atoms with Crippen molar-refractivity contribution in [2.75, 3.05) is 0 Å². The molecule has 0 saturated carbocycles. The molecule has 2 heterocycles. The fourth-order valence-electron chi connectivity index (χ4n) is 11.0. The van der Waals surface area contributed by atoms with Crippen LogP contribution in [0.2, 0.25) is 0 Å². The second kappa shape index (κ2) is 13.5. The van der Waals surface area contributed by atoms with Crippen molar-refractivity contribution in [3.8, 4) is 33.6 Å². The van der Waals surface area contributed by atoms with E-state index in [0.717, 1.165) is 5.69 Å². The molecule has 2 heteroatoms. The summed E-state index contributed by atoms with van der Waals surface area (Å²) < 4.78 is 4.86. The van der Waals surface area contributed by atoms with Gasteiger partial charge in [-0.3, -0.25) is 0 Å². The molecule has 2 nitrogen and oxygen atoms in total. The van der Waals surface area contributed by atoms with E-state index in [-0.39, 0.29) is 0 Å². The van der Waals surface area contributed by atoms with Crippen LogP contribution in [0.15, 0.2) is 231 Å². The molecule has 0 bridgehead atoms. The molecule has 2 aromatic heterocycles. The van der Waals surface area contributed by atoms with E-state index in [1.165, 1.54) is 125 Å². The maximum Gasteiger partial charge on any atom is 0.0541 e. The second-order valence-corrected chi connectivity index (χ2v) is 17.2. The highest BCUT2D eigenvalue weighted by Gasteiger charge is 2.19. The van der Waals surface area contributed by atoms with E-state index in [9.17, 15) is 0 Å². The molecule has 14 rings (SSSR count). The zero-order valence-electron chi connectivity index (χ0n) is 34.8. The fraction of sp³-hybridized carbons (Fsp3) is 0. The highest BCUT2D eigenvalue weighted by Crippen LogP contribution is 2.44. The van der Waals surface area contributed by atoms with E-state index in [0.29, 0.717) is 0 Å². The van der Waals surface area contributed by atoms with Crippen LogP contribution in [0.4, 0.5) is 0 Å². The molecule has 296 valence electrons. The predicted octanol–water partition coefficient (Wildman–Crippen LogP) is 17.0. The smallest absolute Gasteiger partial charge is 0.0541 e. The molecule has 0 spiro atoms. The molecule has 12 aromatic carbocycles. The largest absolute Gasteiger partial charge is 0.309 e. The van der Waals surface area contributed by atoms with Gasteiger partial charge >= 0.3 is 0 Å². The number of nitrogens with zero attached hydrogens (tertiary/aromatic N) is 2. The van der Waals surface area contributed by atoms with E-state index in [2.05, 4.69) is 240 Å². The zero-order chi connectivity index (χ0) is 41.9. The molecular formula is C62H38N2.